The van der Waals surface area contributed by atoms with Crippen LogP contribution >= 0.6 is 11.6 Å². The summed E-state index contributed by atoms with van der Waals surface area (Å²) in [5.74, 6) is 0.0708. The van der Waals surface area contributed by atoms with Crippen molar-refractivity contribution in [3.63, 3.8) is 0 Å². The lowest BCUT2D eigenvalue weighted by atomic mass is 10.1. The number of likely N-dealkylation sites (tertiary alicyclic amines) is 1. The highest BCUT2D eigenvalue weighted by Gasteiger charge is 2.09. The van der Waals surface area contributed by atoms with Gasteiger partial charge in [-0.25, -0.2) is 0 Å². The number of piperidine rings is 1. The van der Waals surface area contributed by atoms with Gasteiger partial charge in [0.15, 0.2) is 5.84 Å². The lowest BCUT2D eigenvalue weighted by Crippen LogP contribution is -2.35. The van der Waals surface area contributed by atoms with Crippen LogP contribution in [-0.2, 0) is 6.54 Å². The minimum Gasteiger partial charge on any atom is -0.409 e. The molecule has 6 heteroatoms. The summed E-state index contributed by atoms with van der Waals surface area (Å²) >= 11 is 6.22. The fourth-order valence-corrected chi connectivity index (χ4v) is 2.80. The maximum atomic E-state index is 8.65. The van der Waals surface area contributed by atoms with E-state index in [1.807, 2.05) is 12.1 Å². The molecular weight excluding hydrogens is 288 g/mol. The zero-order valence-electron chi connectivity index (χ0n) is 12.2. The van der Waals surface area contributed by atoms with Crippen LogP contribution in [0.25, 0.3) is 0 Å². The Hall–Kier alpha value is -1.30. The number of hydrogen-bond donors (Lipinski definition) is 3. The standard InChI is InChI=1S/C15H23ClN4O/c16-14-10-12(15(17)19-21)4-5-13(14)11-18-6-9-20-7-2-1-3-8-20/h4-5,10,18,21H,1-3,6-9,11H2,(H2,17,19). The maximum Gasteiger partial charge on any atom is 0.170 e. The first-order valence-electron chi connectivity index (χ1n) is 7.40. The molecule has 0 bridgehead atoms. The summed E-state index contributed by atoms with van der Waals surface area (Å²) in [5, 5.41) is 15.7. The first kappa shape index (κ1) is 16.1. The first-order chi connectivity index (χ1) is 10.2. The van der Waals surface area contributed by atoms with E-state index in [1.54, 1.807) is 6.07 Å². The van der Waals surface area contributed by atoms with E-state index in [1.165, 1.54) is 32.4 Å². The number of amidine groups is 1. The van der Waals surface area contributed by atoms with Gasteiger partial charge >= 0.3 is 0 Å². The third-order valence-corrected chi connectivity index (χ3v) is 4.18. The van der Waals surface area contributed by atoms with Crippen molar-refractivity contribution in [2.75, 3.05) is 26.2 Å². The van der Waals surface area contributed by atoms with E-state index >= 15 is 0 Å². The molecule has 0 aromatic heterocycles. The van der Waals surface area contributed by atoms with Gasteiger partial charge in [-0.15, -0.1) is 0 Å². The van der Waals surface area contributed by atoms with Crippen LogP contribution in [0.5, 0.6) is 0 Å². The number of halogens is 1. The summed E-state index contributed by atoms with van der Waals surface area (Å²) in [6, 6.07) is 5.43. The summed E-state index contributed by atoms with van der Waals surface area (Å²) < 4.78 is 0. The van der Waals surface area contributed by atoms with E-state index in [0.717, 1.165) is 25.2 Å². The fraction of sp³-hybridized carbons (Fsp3) is 0.533. The third kappa shape index (κ3) is 4.88. The molecule has 1 aliphatic rings. The van der Waals surface area contributed by atoms with Crippen molar-refractivity contribution in [1.82, 2.24) is 10.2 Å². The van der Waals surface area contributed by atoms with Crippen molar-refractivity contribution in [2.24, 2.45) is 10.9 Å². The quantitative estimate of drug-likeness (QED) is 0.247. The minimum absolute atomic E-state index is 0.0708. The molecule has 5 nitrogen and oxygen atoms in total. The zero-order valence-corrected chi connectivity index (χ0v) is 12.9. The van der Waals surface area contributed by atoms with E-state index in [9.17, 15) is 0 Å². The number of oxime groups is 1. The molecular formula is C15H23ClN4O. The zero-order chi connectivity index (χ0) is 15.1. The Morgan fingerprint density at radius 2 is 2.10 bits per heavy atom. The molecule has 1 aliphatic heterocycles. The first-order valence-corrected chi connectivity index (χ1v) is 7.78. The van der Waals surface area contributed by atoms with Crippen molar-refractivity contribution in [2.45, 2.75) is 25.8 Å². The van der Waals surface area contributed by atoms with Crippen molar-refractivity contribution < 1.29 is 5.21 Å². The Balaban J connectivity index is 1.77. The summed E-state index contributed by atoms with van der Waals surface area (Å²) in [6.07, 6.45) is 4.01. The van der Waals surface area contributed by atoms with Crippen LogP contribution in [0, 0.1) is 0 Å². The number of benzene rings is 1. The van der Waals surface area contributed by atoms with Crippen LogP contribution in [0.3, 0.4) is 0 Å². The summed E-state index contributed by atoms with van der Waals surface area (Å²) in [5.41, 5.74) is 7.18. The van der Waals surface area contributed by atoms with Gasteiger partial charge in [-0.3, -0.25) is 0 Å². The second kappa shape index (κ2) is 8.22. The molecule has 0 amide bonds. The summed E-state index contributed by atoms with van der Waals surface area (Å²) in [4.78, 5) is 2.50. The Labute approximate surface area is 130 Å². The highest BCUT2D eigenvalue weighted by molar-refractivity contribution is 6.31. The number of rotatable bonds is 6. The SMILES string of the molecule is N/C(=N/O)c1ccc(CNCCN2CCCCC2)c(Cl)c1. The lowest BCUT2D eigenvalue weighted by Gasteiger charge is -2.26. The number of nitrogens with two attached hydrogens (primary N) is 1. The molecule has 0 saturated carbocycles. The van der Waals surface area contributed by atoms with Gasteiger partial charge in [-0.2, -0.15) is 0 Å². The van der Waals surface area contributed by atoms with E-state index < -0.39 is 0 Å². The Bertz CT molecular complexity index is 487. The van der Waals surface area contributed by atoms with Gasteiger partial charge < -0.3 is 21.2 Å². The Kier molecular flexibility index (Phi) is 6.29. The van der Waals surface area contributed by atoms with Crippen LogP contribution in [0.4, 0.5) is 0 Å². The number of nitrogens with zero attached hydrogens (tertiary/aromatic N) is 2. The van der Waals surface area contributed by atoms with Crippen molar-refractivity contribution in [3.05, 3.63) is 34.3 Å². The molecule has 0 radical (unpaired) electrons. The summed E-state index contributed by atoms with van der Waals surface area (Å²) in [6.45, 7) is 5.20. The van der Waals surface area contributed by atoms with Gasteiger partial charge in [0, 0.05) is 30.2 Å². The Morgan fingerprint density at radius 3 is 2.76 bits per heavy atom. The molecule has 0 atom stereocenters. The van der Waals surface area contributed by atoms with Gasteiger partial charge in [0.05, 0.1) is 0 Å². The molecule has 0 spiro atoms. The molecule has 1 aromatic rings. The van der Waals surface area contributed by atoms with Gasteiger partial charge in [-0.05, 0) is 37.6 Å². The predicted octanol–water partition coefficient (Wildman–Crippen LogP) is 2.01. The second-order valence-electron chi connectivity index (χ2n) is 5.37. The predicted molar refractivity (Wildman–Crippen MR) is 86.0 cm³/mol. The van der Waals surface area contributed by atoms with Crippen LogP contribution in [0.1, 0.15) is 30.4 Å². The van der Waals surface area contributed by atoms with Gasteiger partial charge in [-0.1, -0.05) is 35.3 Å². The van der Waals surface area contributed by atoms with E-state index in [2.05, 4.69) is 15.4 Å². The normalized spacial score (nSPS) is 17.1. The monoisotopic (exact) mass is 310 g/mol. The van der Waals surface area contributed by atoms with Crippen molar-refractivity contribution >= 4 is 17.4 Å². The van der Waals surface area contributed by atoms with Crippen LogP contribution in [-0.4, -0.2) is 42.1 Å². The average Bonchev–Trinajstić information content (AvgIpc) is 2.53. The third-order valence-electron chi connectivity index (χ3n) is 3.83. The molecule has 1 saturated heterocycles. The molecule has 2 rings (SSSR count). The fourth-order valence-electron chi connectivity index (χ4n) is 2.55. The molecule has 0 aliphatic carbocycles. The Morgan fingerprint density at radius 1 is 1.33 bits per heavy atom. The van der Waals surface area contributed by atoms with Crippen molar-refractivity contribution in [3.8, 4) is 0 Å². The minimum atomic E-state index is 0.0708. The second-order valence-corrected chi connectivity index (χ2v) is 5.78. The van der Waals surface area contributed by atoms with E-state index in [-0.39, 0.29) is 5.84 Å². The van der Waals surface area contributed by atoms with Gasteiger partial charge in [0.1, 0.15) is 0 Å². The highest BCUT2D eigenvalue weighted by Crippen LogP contribution is 2.17. The highest BCUT2D eigenvalue weighted by atomic mass is 35.5. The van der Waals surface area contributed by atoms with Gasteiger partial charge in [0.2, 0.25) is 0 Å². The average molecular weight is 311 g/mol. The lowest BCUT2D eigenvalue weighted by molar-refractivity contribution is 0.229. The van der Waals surface area contributed by atoms with Crippen LogP contribution < -0.4 is 11.1 Å². The topological polar surface area (TPSA) is 73.9 Å². The molecule has 116 valence electrons. The number of hydrogen-bond acceptors (Lipinski definition) is 4. The van der Waals surface area contributed by atoms with E-state index in [4.69, 9.17) is 22.5 Å². The molecule has 1 aromatic carbocycles. The molecule has 1 fully saturated rings. The molecule has 1 heterocycles. The number of nitrogens with one attached hydrogen (secondary N) is 1. The van der Waals surface area contributed by atoms with Gasteiger partial charge in [0.25, 0.3) is 0 Å². The van der Waals surface area contributed by atoms with Crippen molar-refractivity contribution in [1.29, 1.82) is 0 Å². The molecule has 4 N–H and O–H groups in total. The smallest absolute Gasteiger partial charge is 0.170 e. The largest absolute Gasteiger partial charge is 0.409 e. The van der Waals surface area contributed by atoms with Crippen LogP contribution in [0.2, 0.25) is 5.02 Å². The molecule has 21 heavy (non-hydrogen) atoms. The molecule has 0 unspecified atom stereocenters. The summed E-state index contributed by atoms with van der Waals surface area (Å²) in [7, 11) is 0. The maximum absolute atomic E-state index is 8.65. The van der Waals surface area contributed by atoms with Crippen LogP contribution in [0.15, 0.2) is 23.4 Å². The van der Waals surface area contributed by atoms with E-state index in [0.29, 0.717) is 10.6 Å².